The second-order valence-corrected chi connectivity index (χ2v) is 6.22. The number of aryl methyl sites for hydroxylation is 2. The average molecular weight is 377 g/mol. The van der Waals surface area contributed by atoms with Crippen LogP contribution in [-0.2, 0) is 0 Å². The Morgan fingerprint density at radius 2 is 1.91 bits per heavy atom. The van der Waals surface area contributed by atoms with Gasteiger partial charge in [-0.1, -0.05) is 34.1 Å². The molecule has 0 unspecified atom stereocenters. The molecule has 122 valence electrons. The van der Waals surface area contributed by atoms with E-state index in [4.69, 9.17) is 4.74 Å². The Morgan fingerprint density at radius 1 is 1.13 bits per heavy atom. The smallest absolute Gasteiger partial charge is 0.319 e. The molecule has 2 aromatic rings. The number of benzene rings is 2. The Bertz CT molecular complexity index is 674. The summed E-state index contributed by atoms with van der Waals surface area (Å²) in [6.45, 7) is 5.10. The third-order valence-electron chi connectivity index (χ3n) is 3.39. The summed E-state index contributed by atoms with van der Waals surface area (Å²) >= 11 is 3.40. The number of carbonyl (C=O) groups is 1. The molecular weight excluding hydrogens is 356 g/mol. The van der Waals surface area contributed by atoms with Crippen molar-refractivity contribution in [2.75, 3.05) is 18.5 Å². The number of hydrogen-bond acceptors (Lipinski definition) is 2. The zero-order valence-corrected chi connectivity index (χ0v) is 14.9. The normalized spacial score (nSPS) is 10.2. The van der Waals surface area contributed by atoms with Crippen LogP contribution in [0.4, 0.5) is 10.5 Å². The molecule has 0 spiro atoms. The van der Waals surface area contributed by atoms with Crippen molar-refractivity contribution in [2.24, 2.45) is 0 Å². The topological polar surface area (TPSA) is 50.4 Å². The predicted molar refractivity (Wildman–Crippen MR) is 97.2 cm³/mol. The van der Waals surface area contributed by atoms with E-state index >= 15 is 0 Å². The van der Waals surface area contributed by atoms with Crippen molar-refractivity contribution in [1.29, 1.82) is 0 Å². The van der Waals surface area contributed by atoms with E-state index in [1.807, 2.05) is 56.3 Å². The molecule has 2 amide bonds. The van der Waals surface area contributed by atoms with E-state index in [0.717, 1.165) is 33.5 Å². The first-order chi connectivity index (χ1) is 11.1. The predicted octanol–water partition coefficient (Wildman–Crippen LogP) is 4.66. The van der Waals surface area contributed by atoms with Crippen LogP contribution in [0, 0.1) is 13.8 Å². The lowest BCUT2D eigenvalue weighted by Gasteiger charge is -2.11. The van der Waals surface area contributed by atoms with Gasteiger partial charge in [-0.05, 0) is 55.7 Å². The molecule has 0 saturated heterocycles. The number of halogens is 1. The lowest BCUT2D eigenvalue weighted by Crippen LogP contribution is -2.30. The van der Waals surface area contributed by atoms with E-state index in [1.54, 1.807) is 0 Å². The van der Waals surface area contributed by atoms with Crippen LogP contribution in [0.3, 0.4) is 0 Å². The van der Waals surface area contributed by atoms with Crippen LogP contribution >= 0.6 is 15.9 Å². The molecule has 23 heavy (non-hydrogen) atoms. The highest BCUT2D eigenvalue weighted by molar-refractivity contribution is 9.10. The molecule has 0 fully saturated rings. The van der Waals surface area contributed by atoms with E-state index in [0.29, 0.717) is 13.2 Å². The Morgan fingerprint density at radius 3 is 2.65 bits per heavy atom. The van der Waals surface area contributed by atoms with E-state index in [-0.39, 0.29) is 6.03 Å². The molecular formula is C18H21BrN2O2. The number of anilines is 1. The largest absolute Gasteiger partial charge is 0.493 e. The summed E-state index contributed by atoms with van der Waals surface area (Å²) in [6, 6.07) is 13.4. The minimum absolute atomic E-state index is 0.202. The first-order valence-corrected chi connectivity index (χ1v) is 8.35. The van der Waals surface area contributed by atoms with Gasteiger partial charge in [0.2, 0.25) is 0 Å². The summed E-state index contributed by atoms with van der Waals surface area (Å²) in [5.41, 5.74) is 2.93. The molecule has 2 rings (SSSR count). The van der Waals surface area contributed by atoms with E-state index in [2.05, 4.69) is 26.6 Å². The summed E-state index contributed by atoms with van der Waals surface area (Å²) in [6.07, 6.45) is 0.751. The van der Waals surface area contributed by atoms with Gasteiger partial charge in [-0.2, -0.15) is 0 Å². The Hall–Kier alpha value is -2.01. The van der Waals surface area contributed by atoms with E-state index in [1.165, 1.54) is 0 Å². The first-order valence-electron chi connectivity index (χ1n) is 7.55. The van der Waals surface area contributed by atoms with E-state index < -0.39 is 0 Å². The minimum atomic E-state index is -0.202. The van der Waals surface area contributed by atoms with Crippen molar-refractivity contribution < 1.29 is 9.53 Å². The molecule has 0 atom stereocenters. The van der Waals surface area contributed by atoms with Crippen LogP contribution in [0.5, 0.6) is 5.75 Å². The minimum Gasteiger partial charge on any atom is -0.493 e. The second-order valence-electron chi connectivity index (χ2n) is 5.31. The van der Waals surface area contributed by atoms with Crippen LogP contribution in [0.1, 0.15) is 17.5 Å². The number of nitrogens with one attached hydrogen (secondary N) is 2. The number of hydrogen-bond donors (Lipinski definition) is 2. The third-order valence-corrected chi connectivity index (χ3v) is 3.89. The molecule has 0 radical (unpaired) electrons. The van der Waals surface area contributed by atoms with Crippen molar-refractivity contribution in [3.05, 3.63) is 58.1 Å². The van der Waals surface area contributed by atoms with Crippen LogP contribution in [0.15, 0.2) is 46.9 Å². The van der Waals surface area contributed by atoms with Gasteiger partial charge < -0.3 is 15.4 Å². The summed E-state index contributed by atoms with van der Waals surface area (Å²) in [5, 5.41) is 5.68. The van der Waals surface area contributed by atoms with Gasteiger partial charge in [-0.25, -0.2) is 4.79 Å². The molecule has 2 aromatic carbocycles. The van der Waals surface area contributed by atoms with Crippen LogP contribution in [0.2, 0.25) is 0 Å². The van der Waals surface area contributed by atoms with Gasteiger partial charge >= 0.3 is 6.03 Å². The summed E-state index contributed by atoms with van der Waals surface area (Å²) in [7, 11) is 0. The highest BCUT2D eigenvalue weighted by Gasteiger charge is 2.04. The van der Waals surface area contributed by atoms with Gasteiger partial charge in [0, 0.05) is 16.7 Å². The zero-order chi connectivity index (χ0) is 16.7. The molecule has 0 heterocycles. The average Bonchev–Trinajstić information content (AvgIpc) is 2.51. The lowest BCUT2D eigenvalue weighted by atomic mass is 10.2. The second kappa shape index (κ2) is 8.58. The number of carbonyl (C=O) groups excluding carboxylic acids is 1. The maximum Gasteiger partial charge on any atom is 0.319 e. The Balaban J connectivity index is 1.68. The summed E-state index contributed by atoms with van der Waals surface area (Å²) < 4.78 is 6.69. The van der Waals surface area contributed by atoms with Crippen molar-refractivity contribution in [2.45, 2.75) is 20.3 Å². The Labute approximate surface area is 145 Å². The highest BCUT2D eigenvalue weighted by Crippen LogP contribution is 2.19. The molecule has 0 bridgehead atoms. The van der Waals surface area contributed by atoms with Gasteiger partial charge in [0.1, 0.15) is 5.75 Å². The summed E-state index contributed by atoms with van der Waals surface area (Å²) in [5.74, 6) is 0.891. The van der Waals surface area contributed by atoms with Crippen LogP contribution in [-0.4, -0.2) is 19.2 Å². The fourth-order valence-electron chi connectivity index (χ4n) is 2.11. The third kappa shape index (κ3) is 5.60. The molecule has 0 aromatic heterocycles. The van der Waals surface area contributed by atoms with Gasteiger partial charge in [0.05, 0.1) is 6.61 Å². The maximum absolute atomic E-state index is 11.9. The van der Waals surface area contributed by atoms with Gasteiger partial charge in [0.15, 0.2) is 0 Å². The zero-order valence-electron chi connectivity index (χ0n) is 13.4. The van der Waals surface area contributed by atoms with Crippen LogP contribution < -0.4 is 15.4 Å². The quantitative estimate of drug-likeness (QED) is 0.720. The monoisotopic (exact) mass is 376 g/mol. The molecule has 5 heteroatoms. The van der Waals surface area contributed by atoms with Gasteiger partial charge in [-0.3, -0.25) is 0 Å². The summed E-state index contributed by atoms with van der Waals surface area (Å²) in [4.78, 5) is 11.9. The van der Waals surface area contributed by atoms with Crippen molar-refractivity contribution in [3.8, 4) is 5.75 Å². The molecule has 4 nitrogen and oxygen atoms in total. The number of para-hydroxylation sites is 1. The fraction of sp³-hybridized carbons (Fsp3) is 0.278. The molecule has 0 aliphatic heterocycles. The highest BCUT2D eigenvalue weighted by atomic mass is 79.9. The van der Waals surface area contributed by atoms with Crippen LogP contribution in [0.25, 0.3) is 0 Å². The van der Waals surface area contributed by atoms with Gasteiger partial charge in [-0.15, -0.1) is 0 Å². The number of amides is 2. The lowest BCUT2D eigenvalue weighted by molar-refractivity contribution is 0.250. The first kappa shape index (κ1) is 17.3. The molecule has 0 saturated carbocycles. The Kier molecular flexibility index (Phi) is 6.47. The number of rotatable bonds is 6. The SMILES string of the molecule is Cc1cc(Br)ccc1NC(=O)NCCCOc1ccccc1C. The standard InChI is InChI=1S/C18H21BrN2O2/c1-13-6-3-4-7-17(13)23-11-5-10-20-18(22)21-16-9-8-15(19)12-14(16)2/h3-4,6-9,12H,5,10-11H2,1-2H3,(H2,20,21,22). The number of urea groups is 1. The molecule has 2 N–H and O–H groups in total. The van der Waals surface area contributed by atoms with E-state index in [9.17, 15) is 4.79 Å². The molecule has 0 aliphatic carbocycles. The van der Waals surface area contributed by atoms with Gasteiger partial charge in [0.25, 0.3) is 0 Å². The van der Waals surface area contributed by atoms with Crippen molar-refractivity contribution >= 4 is 27.6 Å². The fourth-order valence-corrected chi connectivity index (χ4v) is 2.58. The van der Waals surface area contributed by atoms with Crippen molar-refractivity contribution in [1.82, 2.24) is 5.32 Å². The number of ether oxygens (including phenoxy) is 1. The maximum atomic E-state index is 11.9. The molecule has 0 aliphatic rings. The van der Waals surface area contributed by atoms with Crippen molar-refractivity contribution in [3.63, 3.8) is 0 Å².